The van der Waals surface area contributed by atoms with Crippen molar-refractivity contribution in [3.63, 3.8) is 0 Å². The van der Waals surface area contributed by atoms with Crippen molar-refractivity contribution in [2.45, 2.75) is 26.2 Å². The van der Waals surface area contributed by atoms with E-state index in [1.54, 1.807) is 0 Å². The quantitative estimate of drug-likeness (QED) is 0.790. The standard InChI is InChI=1S/C13H19NO2/c1-9-4-5-12(10(2)6-9)11(8-14)7-13(15)16-3/h4-6,11H,7-8,14H2,1-3H3. The third kappa shape index (κ3) is 3.07. The van der Waals surface area contributed by atoms with Crippen LogP contribution in [-0.2, 0) is 9.53 Å². The van der Waals surface area contributed by atoms with Crippen molar-refractivity contribution >= 4 is 5.97 Å². The van der Waals surface area contributed by atoms with Crippen molar-refractivity contribution in [1.29, 1.82) is 0 Å². The zero-order valence-electron chi connectivity index (χ0n) is 10.1. The normalized spacial score (nSPS) is 12.2. The van der Waals surface area contributed by atoms with Crippen LogP contribution in [0, 0.1) is 13.8 Å². The largest absolute Gasteiger partial charge is 0.469 e. The molecule has 0 amide bonds. The van der Waals surface area contributed by atoms with Crippen LogP contribution < -0.4 is 5.73 Å². The van der Waals surface area contributed by atoms with E-state index in [2.05, 4.69) is 17.7 Å². The number of benzene rings is 1. The second kappa shape index (κ2) is 5.66. The molecule has 0 radical (unpaired) electrons. The van der Waals surface area contributed by atoms with Gasteiger partial charge in [-0.05, 0) is 31.5 Å². The highest BCUT2D eigenvalue weighted by molar-refractivity contribution is 5.70. The summed E-state index contributed by atoms with van der Waals surface area (Å²) in [6.07, 6.45) is 0.344. The second-order valence-corrected chi connectivity index (χ2v) is 4.07. The molecule has 1 aromatic rings. The summed E-state index contributed by atoms with van der Waals surface area (Å²) in [5.41, 5.74) is 9.24. The van der Waals surface area contributed by atoms with E-state index in [0.29, 0.717) is 13.0 Å². The van der Waals surface area contributed by atoms with Crippen LogP contribution in [-0.4, -0.2) is 19.6 Å². The van der Waals surface area contributed by atoms with Gasteiger partial charge < -0.3 is 10.5 Å². The lowest BCUT2D eigenvalue weighted by atomic mass is 9.91. The number of rotatable bonds is 4. The van der Waals surface area contributed by atoms with Gasteiger partial charge in [0.2, 0.25) is 0 Å². The molecular weight excluding hydrogens is 202 g/mol. The van der Waals surface area contributed by atoms with Crippen molar-refractivity contribution < 1.29 is 9.53 Å². The average Bonchev–Trinajstić information content (AvgIpc) is 2.26. The van der Waals surface area contributed by atoms with E-state index in [1.807, 2.05) is 19.1 Å². The number of esters is 1. The van der Waals surface area contributed by atoms with Gasteiger partial charge in [0.1, 0.15) is 0 Å². The SMILES string of the molecule is COC(=O)CC(CN)c1ccc(C)cc1C. The monoisotopic (exact) mass is 221 g/mol. The van der Waals surface area contributed by atoms with Crippen LogP contribution >= 0.6 is 0 Å². The van der Waals surface area contributed by atoms with E-state index in [1.165, 1.54) is 18.2 Å². The van der Waals surface area contributed by atoms with Crippen LogP contribution in [0.1, 0.15) is 29.0 Å². The Hall–Kier alpha value is -1.35. The number of hydrogen-bond donors (Lipinski definition) is 1. The van der Waals surface area contributed by atoms with Crippen molar-refractivity contribution in [3.05, 3.63) is 34.9 Å². The summed E-state index contributed by atoms with van der Waals surface area (Å²) in [6.45, 7) is 4.55. The van der Waals surface area contributed by atoms with E-state index in [-0.39, 0.29) is 11.9 Å². The predicted molar refractivity (Wildman–Crippen MR) is 64.3 cm³/mol. The molecule has 3 nitrogen and oxygen atoms in total. The summed E-state index contributed by atoms with van der Waals surface area (Å²) >= 11 is 0. The minimum absolute atomic E-state index is 0.0491. The van der Waals surface area contributed by atoms with Crippen LogP contribution in [0.4, 0.5) is 0 Å². The van der Waals surface area contributed by atoms with Gasteiger partial charge in [0.15, 0.2) is 0 Å². The van der Waals surface area contributed by atoms with Gasteiger partial charge in [-0.15, -0.1) is 0 Å². The van der Waals surface area contributed by atoms with Gasteiger partial charge in [0.25, 0.3) is 0 Å². The van der Waals surface area contributed by atoms with Gasteiger partial charge in [-0.1, -0.05) is 23.8 Å². The number of nitrogens with two attached hydrogens (primary N) is 1. The Labute approximate surface area is 96.6 Å². The summed E-state index contributed by atoms with van der Waals surface area (Å²) in [4.78, 5) is 11.3. The molecule has 0 aliphatic heterocycles. The summed E-state index contributed by atoms with van der Waals surface area (Å²) in [5, 5.41) is 0. The van der Waals surface area contributed by atoms with E-state index >= 15 is 0 Å². The summed E-state index contributed by atoms with van der Waals surface area (Å²) in [5.74, 6) is -0.163. The number of hydrogen-bond acceptors (Lipinski definition) is 3. The molecule has 1 aromatic carbocycles. The highest BCUT2D eigenvalue weighted by Gasteiger charge is 2.16. The third-order valence-electron chi connectivity index (χ3n) is 2.79. The van der Waals surface area contributed by atoms with E-state index in [4.69, 9.17) is 5.73 Å². The highest BCUT2D eigenvalue weighted by Crippen LogP contribution is 2.23. The molecule has 3 heteroatoms. The van der Waals surface area contributed by atoms with Crippen molar-refractivity contribution in [1.82, 2.24) is 0 Å². The van der Waals surface area contributed by atoms with Gasteiger partial charge in [0.05, 0.1) is 13.5 Å². The molecule has 16 heavy (non-hydrogen) atoms. The molecule has 1 atom stereocenters. The van der Waals surface area contributed by atoms with Crippen LogP contribution in [0.3, 0.4) is 0 Å². The van der Waals surface area contributed by atoms with Crippen LogP contribution in [0.15, 0.2) is 18.2 Å². The Morgan fingerprint density at radius 2 is 2.12 bits per heavy atom. The van der Waals surface area contributed by atoms with Crippen molar-refractivity contribution in [2.24, 2.45) is 5.73 Å². The first-order chi connectivity index (χ1) is 7.58. The molecule has 2 N–H and O–H groups in total. The fraction of sp³-hybridized carbons (Fsp3) is 0.462. The fourth-order valence-electron chi connectivity index (χ4n) is 1.89. The minimum Gasteiger partial charge on any atom is -0.469 e. The number of methoxy groups -OCH3 is 1. The molecule has 1 rings (SSSR count). The second-order valence-electron chi connectivity index (χ2n) is 4.07. The maximum Gasteiger partial charge on any atom is 0.306 e. The van der Waals surface area contributed by atoms with Gasteiger partial charge in [0, 0.05) is 5.92 Å². The Morgan fingerprint density at radius 1 is 1.44 bits per heavy atom. The lowest BCUT2D eigenvalue weighted by Crippen LogP contribution is -2.18. The molecule has 0 spiro atoms. The molecule has 0 aliphatic rings. The third-order valence-corrected chi connectivity index (χ3v) is 2.79. The lowest BCUT2D eigenvalue weighted by molar-refractivity contribution is -0.141. The number of carbonyl (C=O) groups is 1. The van der Waals surface area contributed by atoms with Gasteiger partial charge >= 0.3 is 5.97 Å². The number of aryl methyl sites for hydroxylation is 2. The van der Waals surface area contributed by atoms with Crippen LogP contribution in [0.2, 0.25) is 0 Å². The molecule has 0 bridgehead atoms. The molecule has 0 heterocycles. The average molecular weight is 221 g/mol. The summed E-state index contributed by atoms with van der Waals surface area (Å²) < 4.78 is 4.67. The smallest absolute Gasteiger partial charge is 0.306 e. The number of ether oxygens (including phenoxy) is 1. The minimum atomic E-state index is -0.213. The lowest BCUT2D eigenvalue weighted by Gasteiger charge is -2.16. The molecule has 0 aromatic heterocycles. The van der Waals surface area contributed by atoms with Crippen molar-refractivity contribution in [2.75, 3.05) is 13.7 Å². The van der Waals surface area contributed by atoms with Crippen molar-refractivity contribution in [3.8, 4) is 0 Å². The Balaban J connectivity index is 2.90. The van der Waals surface area contributed by atoms with Crippen LogP contribution in [0.5, 0.6) is 0 Å². The topological polar surface area (TPSA) is 52.3 Å². The Bertz CT molecular complexity index is 374. The fourth-order valence-corrected chi connectivity index (χ4v) is 1.89. The van der Waals surface area contributed by atoms with Gasteiger partial charge in [-0.2, -0.15) is 0 Å². The molecule has 88 valence electrons. The van der Waals surface area contributed by atoms with E-state index in [0.717, 1.165) is 5.56 Å². The van der Waals surface area contributed by atoms with Gasteiger partial charge in [-0.25, -0.2) is 0 Å². The zero-order chi connectivity index (χ0) is 12.1. The zero-order valence-corrected chi connectivity index (χ0v) is 10.1. The Kier molecular flexibility index (Phi) is 4.50. The van der Waals surface area contributed by atoms with Gasteiger partial charge in [-0.3, -0.25) is 4.79 Å². The summed E-state index contributed by atoms with van der Waals surface area (Å²) in [7, 11) is 1.40. The first-order valence-corrected chi connectivity index (χ1v) is 5.42. The highest BCUT2D eigenvalue weighted by atomic mass is 16.5. The molecule has 0 fully saturated rings. The number of carbonyl (C=O) groups excluding carboxylic acids is 1. The maximum absolute atomic E-state index is 11.3. The molecule has 0 saturated heterocycles. The van der Waals surface area contributed by atoms with E-state index in [9.17, 15) is 4.79 Å². The first kappa shape index (κ1) is 12.7. The van der Waals surface area contributed by atoms with E-state index < -0.39 is 0 Å². The maximum atomic E-state index is 11.3. The summed E-state index contributed by atoms with van der Waals surface area (Å²) in [6, 6.07) is 6.20. The Morgan fingerprint density at radius 3 is 2.62 bits per heavy atom. The molecule has 0 saturated carbocycles. The molecule has 1 unspecified atom stereocenters. The molecule has 0 aliphatic carbocycles. The predicted octanol–water partition coefficient (Wildman–Crippen LogP) is 1.91. The molecular formula is C13H19NO2. The first-order valence-electron chi connectivity index (χ1n) is 5.42. The van der Waals surface area contributed by atoms with Crippen LogP contribution in [0.25, 0.3) is 0 Å².